The fourth-order valence-electron chi connectivity index (χ4n) is 3.64. The Labute approximate surface area is 80.7 Å². The predicted molar refractivity (Wildman–Crippen MR) is 55.4 cm³/mol. The highest BCUT2D eigenvalue weighted by Crippen LogP contribution is 2.49. The predicted octanol–water partition coefficient (Wildman–Crippen LogP) is 3.70. The van der Waals surface area contributed by atoms with Gasteiger partial charge in [0.15, 0.2) is 0 Å². The highest BCUT2D eigenvalue weighted by molar-refractivity contribution is 5.24. The first-order valence-electron chi connectivity index (χ1n) is 5.81. The van der Waals surface area contributed by atoms with Crippen molar-refractivity contribution >= 4 is 0 Å². The van der Waals surface area contributed by atoms with Gasteiger partial charge in [-0.25, -0.2) is 0 Å². The molecule has 3 aliphatic carbocycles. The SMILES string of the molecule is C1=CC2C(=CC1)CCC1CCCC12. The molecule has 0 bridgehead atoms. The molecule has 0 N–H and O–H groups in total. The molecular weight excluding hydrogens is 156 g/mol. The first-order valence-corrected chi connectivity index (χ1v) is 5.81. The van der Waals surface area contributed by atoms with E-state index < -0.39 is 0 Å². The van der Waals surface area contributed by atoms with Crippen molar-refractivity contribution in [3.8, 4) is 0 Å². The van der Waals surface area contributed by atoms with Crippen LogP contribution in [0.25, 0.3) is 0 Å². The number of allylic oxidation sites excluding steroid dienone is 4. The lowest BCUT2D eigenvalue weighted by molar-refractivity contribution is 0.269. The second-order valence-electron chi connectivity index (χ2n) is 4.86. The van der Waals surface area contributed by atoms with Crippen LogP contribution in [0.15, 0.2) is 23.8 Å². The standard InChI is InChI=1S/C13H18/c1-2-6-12-10(4-1)8-9-11-5-3-7-13(11)12/h2,4,6,11-13H,1,3,5,7-9H2. The lowest BCUT2D eigenvalue weighted by atomic mass is 9.69. The van der Waals surface area contributed by atoms with E-state index in [1.54, 1.807) is 5.57 Å². The lowest BCUT2D eigenvalue weighted by Gasteiger charge is -2.35. The maximum Gasteiger partial charge on any atom is 0.000787 e. The van der Waals surface area contributed by atoms with Gasteiger partial charge in [-0.1, -0.05) is 36.6 Å². The van der Waals surface area contributed by atoms with Crippen LogP contribution in [0.4, 0.5) is 0 Å². The molecule has 0 aromatic heterocycles. The fourth-order valence-corrected chi connectivity index (χ4v) is 3.64. The smallest absolute Gasteiger partial charge is 0.000787 e. The molecule has 0 aromatic carbocycles. The van der Waals surface area contributed by atoms with Gasteiger partial charge in [0.1, 0.15) is 0 Å². The molecule has 0 saturated heterocycles. The van der Waals surface area contributed by atoms with Gasteiger partial charge in [-0.2, -0.15) is 0 Å². The third-order valence-corrected chi connectivity index (χ3v) is 4.27. The van der Waals surface area contributed by atoms with Crippen LogP contribution in [0.2, 0.25) is 0 Å². The molecule has 0 heteroatoms. The Morgan fingerprint density at radius 1 is 1.15 bits per heavy atom. The quantitative estimate of drug-likeness (QED) is 0.491. The zero-order chi connectivity index (χ0) is 8.67. The zero-order valence-corrected chi connectivity index (χ0v) is 8.21. The Balaban J connectivity index is 1.89. The number of rotatable bonds is 0. The molecule has 3 atom stereocenters. The highest BCUT2D eigenvalue weighted by Gasteiger charge is 2.37. The first kappa shape index (κ1) is 7.84. The molecule has 3 unspecified atom stereocenters. The van der Waals surface area contributed by atoms with Crippen LogP contribution in [-0.4, -0.2) is 0 Å². The van der Waals surface area contributed by atoms with Gasteiger partial charge in [-0.05, 0) is 37.5 Å². The van der Waals surface area contributed by atoms with Gasteiger partial charge < -0.3 is 0 Å². The van der Waals surface area contributed by atoms with Crippen molar-refractivity contribution in [2.75, 3.05) is 0 Å². The monoisotopic (exact) mass is 174 g/mol. The molecule has 0 spiro atoms. The Hall–Kier alpha value is -0.520. The summed E-state index contributed by atoms with van der Waals surface area (Å²) in [4.78, 5) is 0. The number of hydrogen-bond acceptors (Lipinski definition) is 0. The van der Waals surface area contributed by atoms with Crippen molar-refractivity contribution in [3.05, 3.63) is 23.8 Å². The van der Waals surface area contributed by atoms with Gasteiger partial charge in [0, 0.05) is 5.92 Å². The molecule has 0 nitrogen and oxygen atoms in total. The van der Waals surface area contributed by atoms with E-state index in [-0.39, 0.29) is 0 Å². The van der Waals surface area contributed by atoms with E-state index in [0.717, 1.165) is 17.8 Å². The second-order valence-corrected chi connectivity index (χ2v) is 4.86. The van der Waals surface area contributed by atoms with Gasteiger partial charge in [-0.3, -0.25) is 0 Å². The molecule has 2 fully saturated rings. The highest BCUT2D eigenvalue weighted by atomic mass is 14.4. The third-order valence-electron chi connectivity index (χ3n) is 4.27. The average molecular weight is 174 g/mol. The molecule has 70 valence electrons. The Kier molecular flexibility index (Phi) is 1.81. The minimum atomic E-state index is 0.856. The van der Waals surface area contributed by atoms with E-state index in [2.05, 4.69) is 18.2 Å². The molecule has 3 rings (SSSR count). The summed E-state index contributed by atoms with van der Waals surface area (Å²) in [6, 6.07) is 0. The summed E-state index contributed by atoms with van der Waals surface area (Å²) < 4.78 is 0. The second kappa shape index (κ2) is 3.01. The van der Waals surface area contributed by atoms with Crippen LogP contribution in [-0.2, 0) is 0 Å². The van der Waals surface area contributed by atoms with Crippen LogP contribution in [0, 0.1) is 17.8 Å². The summed E-state index contributed by atoms with van der Waals surface area (Å²) in [6.07, 6.45) is 15.9. The Morgan fingerprint density at radius 3 is 3.15 bits per heavy atom. The average Bonchev–Trinajstić information content (AvgIpc) is 2.65. The minimum Gasteiger partial charge on any atom is -0.0841 e. The molecule has 3 aliphatic rings. The van der Waals surface area contributed by atoms with Crippen molar-refractivity contribution in [1.29, 1.82) is 0 Å². The molecular formula is C13H18. The van der Waals surface area contributed by atoms with E-state index >= 15 is 0 Å². The normalized spacial score (nSPS) is 42.5. The molecule has 0 aromatic rings. The number of hydrogen-bond donors (Lipinski definition) is 0. The summed E-state index contributed by atoms with van der Waals surface area (Å²) in [7, 11) is 0. The summed E-state index contributed by atoms with van der Waals surface area (Å²) >= 11 is 0. The van der Waals surface area contributed by atoms with Gasteiger partial charge in [0.2, 0.25) is 0 Å². The van der Waals surface area contributed by atoms with Crippen LogP contribution in [0.1, 0.15) is 38.5 Å². The molecule has 13 heavy (non-hydrogen) atoms. The van der Waals surface area contributed by atoms with E-state index in [1.807, 2.05) is 0 Å². The van der Waals surface area contributed by atoms with Crippen molar-refractivity contribution in [2.24, 2.45) is 17.8 Å². The fraction of sp³-hybridized carbons (Fsp3) is 0.692. The molecule has 0 amide bonds. The van der Waals surface area contributed by atoms with E-state index in [1.165, 1.54) is 38.5 Å². The minimum absolute atomic E-state index is 0.856. The molecule has 0 radical (unpaired) electrons. The summed E-state index contributed by atoms with van der Waals surface area (Å²) in [5.41, 5.74) is 1.77. The summed E-state index contributed by atoms with van der Waals surface area (Å²) in [5, 5.41) is 0. The van der Waals surface area contributed by atoms with Crippen LogP contribution in [0.3, 0.4) is 0 Å². The third kappa shape index (κ3) is 1.19. The Morgan fingerprint density at radius 2 is 2.15 bits per heavy atom. The first-order chi connectivity index (χ1) is 6.45. The van der Waals surface area contributed by atoms with Crippen LogP contribution >= 0.6 is 0 Å². The van der Waals surface area contributed by atoms with Gasteiger partial charge in [0.05, 0.1) is 0 Å². The van der Waals surface area contributed by atoms with Crippen molar-refractivity contribution < 1.29 is 0 Å². The van der Waals surface area contributed by atoms with Gasteiger partial charge in [-0.15, -0.1) is 0 Å². The largest absolute Gasteiger partial charge is 0.0841 e. The Bertz CT molecular complexity index is 259. The zero-order valence-electron chi connectivity index (χ0n) is 8.21. The maximum absolute atomic E-state index is 2.50. The van der Waals surface area contributed by atoms with Crippen LogP contribution in [0.5, 0.6) is 0 Å². The molecule has 0 heterocycles. The van der Waals surface area contributed by atoms with E-state index in [9.17, 15) is 0 Å². The van der Waals surface area contributed by atoms with Gasteiger partial charge in [0.25, 0.3) is 0 Å². The number of fused-ring (bicyclic) bond motifs is 3. The van der Waals surface area contributed by atoms with Crippen LogP contribution < -0.4 is 0 Å². The lowest BCUT2D eigenvalue weighted by Crippen LogP contribution is -2.25. The van der Waals surface area contributed by atoms with Crippen molar-refractivity contribution in [1.82, 2.24) is 0 Å². The van der Waals surface area contributed by atoms with E-state index in [4.69, 9.17) is 0 Å². The van der Waals surface area contributed by atoms with Gasteiger partial charge >= 0.3 is 0 Å². The summed E-state index contributed by atoms with van der Waals surface area (Å²) in [5.74, 6) is 2.96. The maximum atomic E-state index is 2.50. The molecule has 0 aliphatic heterocycles. The van der Waals surface area contributed by atoms with Crippen molar-refractivity contribution in [2.45, 2.75) is 38.5 Å². The topological polar surface area (TPSA) is 0 Å². The van der Waals surface area contributed by atoms with Crippen molar-refractivity contribution in [3.63, 3.8) is 0 Å². The molecule has 2 saturated carbocycles. The van der Waals surface area contributed by atoms with E-state index in [0.29, 0.717) is 0 Å². The summed E-state index contributed by atoms with van der Waals surface area (Å²) in [6.45, 7) is 0.